The van der Waals surface area contributed by atoms with Crippen molar-refractivity contribution in [3.05, 3.63) is 42.2 Å². The number of benzene rings is 1. The summed E-state index contributed by atoms with van der Waals surface area (Å²) in [5, 5.41) is 0. The van der Waals surface area contributed by atoms with Gasteiger partial charge in [-0.2, -0.15) is 83.4 Å². The van der Waals surface area contributed by atoms with Gasteiger partial charge in [-0.05, 0) is 42.7 Å². The molecule has 6 nitrogen and oxygen atoms in total. The second kappa shape index (κ2) is 18.2. The summed E-state index contributed by atoms with van der Waals surface area (Å²) in [4.78, 5) is 8.19. The van der Waals surface area contributed by atoms with E-state index in [1.807, 2.05) is 6.92 Å². The summed E-state index contributed by atoms with van der Waals surface area (Å²) in [6, 6.07) is 5.96. The standard InChI is InChI=1S/C31H30F20N2O4/c1-2-3-4-5-6-7-9-18-14-19(22-52-12-8-13-53-22)10-11-21(18)55-16-20(32)15-54-17-23(33,34)24(35,36)28(44,45)56-30(48,49)31(50,51)57-29(46,47)26(39,40)25(37,38)27(41,42)43/h8,10-14,20H,2-7,9,15-17H2,1H3. The molecule has 0 radical (unpaired) electrons. The van der Waals surface area contributed by atoms with Gasteiger partial charge < -0.3 is 9.47 Å². The quantitative estimate of drug-likeness (QED) is 0.0773. The second-order valence-corrected chi connectivity index (χ2v) is 12.0. The molecular formula is C31H30F20N2O4. The first-order valence-electron chi connectivity index (χ1n) is 16.0. The Morgan fingerprint density at radius 2 is 1.11 bits per heavy atom. The molecule has 0 bridgehead atoms. The highest BCUT2D eigenvalue weighted by atomic mass is 19.4. The maximum Gasteiger partial charge on any atom is 0.460 e. The minimum absolute atomic E-state index is 0.0387. The highest BCUT2D eigenvalue weighted by molar-refractivity contribution is 5.58. The molecule has 0 amide bonds. The van der Waals surface area contributed by atoms with Crippen LogP contribution in [0.1, 0.15) is 51.0 Å². The first-order chi connectivity index (χ1) is 25.8. The molecule has 328 valence electrons. The Morgan fingerprint density at radius 1 is 0.596 bits per heavy atom. The Bertz CT molecular complexity index is 1560. The van der Waals surface area contributed by atoms with Gasteiger partial charge in [0.15, 0.2) is 12.0 Å². The van der Waals surface area contributed by atoms with Crippen LogP contribution in [0.5, 0.6) is 5.75 Å². The van der Waals surface area contributed by atoms with Crippen molar-refractivity contribution in [3.8, 4) is 17.1 Å². The van der Waals surface area contributed by atoms with Gasteiger partial charge in [-0.1, -0.05) is 39.0 Å². The van der Waals surface area contributed by atoms with E-state index in [1.54, 1.807) is 16.9 Å². The van der Waals surface area contributed by atoms with Crippen LogP contribution in [0.4, 0.5) is 87.8 Å². The summed E-state index contributed by atoms with van der Waals surface area (Å²) >= 11 is 0. The van der Waals surface area contributed by atoms with Crippen LogP contribution in [-0.4, -0.2) is 90.3 Å². The van der Waals surface area contributed by atoms with E-state index in [2.05, 4.69) is 14.7 Å². The van der Waals surface area contributed by atoms with Crippen molar-refractivity contribution in [1.82, 2.24) is 9.97 Å². The Kier molecular flexibility index (Phi) is 15.9. The van der Waals surface area contributed by atoms with Crippen molar-refractivity contribution in [2.24, 2.45) is 0 Å². The number of halogens is 20. The van der Waals surface area contributed by atoms with E-state index >= 15 is 0 Å². The van der Waals surface area contributed by atoms with E-state index in [9.17, 15) is 87.8 Å². The van der Waals surface area contributed by atoms with Gasteiger partial charge >= 0.3 is 54.3 Å². The molecule has 2 rings (SSSR count). The molecule has 1 aromatic carbocycles. The molecule has 26 heteroatoms. The van der Waals surface area contributed by atoms with Crippen LogP contribution < -0.4 is 4.74 Å². The average Bonchev–Trinajstić information content (AvgIpc) is 3.07. The van der Waals surface area contributed by atoms with Gasteiger partial charge in [0, 0.05) is 18.0 Å². The van der Waals surface area contributed by atoms with Gasteiger partial charge in [0.05, 0.1) is 6.61 Å². The molecule has 0 spiro atoms. The maximum atomic E-state index is 14.5. The zero-order chi connectivity index (χ0) is 43.9. The molecule has 1 atom stereocenters. The minimum Gasteiger partial charge on any atom is -0.490 e. The fourth-order valence-corrected chi connectivity index (χ4v) is 4.38. The Hall–Kier alpha value is -3.42. The molecule has 1 unspecified atom stereocenters. The summed E-state index contributed by atoms with van der Waals surface area (Å²) < 4.78 is 280. The van der Waals surface area contributed by atoms with Crippen molar-refractivity contribution in [2.75, 3.05) is 19.8 Å². The number of aryl methyl sites for hydroxylation is 1. The van der Waals surface area contributed by atoms with Crippen LogP contribution in [0.15, 0.2) is 36.7 Å². The largest absolute Gasteiger partial charge is 0.490 e. The number of nitrogens with zero attached hydrogens (tertiary/aromatic N) is 2. The molecular weight excluding hydrogens is 844 g/mol. The fraction of sp³-hybridized carbons (Fsp3) is 0.677. The molecule has 1 heterocycles. The van der Waals surface area contributed by atoms with Crippen molar-refractivity contribution in [1.29, 1.82) is 0 Å². The minimum atomic E-state index is -8.23. The van der Waals surface area contributed by atoms with Gasteiger partial charge in [0.2, 0.25) is 0 Å². The SMILES string of the molecule is CCCCCCCCc1cc(-c2ncccn2)ccc1OCC(F)COCC(F)(F)C(F)(F)C(F)(F)OC(F)(F)C(F)(F)OC(F)(F)C(F)(F)C(F)(F)C(F)(F)F. The Labute approximate surface area is 308 Å². The molecule has 1 aromatic heterocycles. The van der Waals surface area contributed by atoms with E-state index in [0.29, 0.717) is 29.8 Å². The molecule has 0 aliphatic rings. The van der Waals surface area contributed by atoms with Crippen LogP contribution in [-0.2, 0) is 20.6 Å². The predicted molar refractivity (Wildman–Crippen MR) is 154 cm³/mol. The van der Waals surface area contributed by atoms with Gasteiger partial charge in [0.25, 0.3) is 0 Å². The third kappa shape index (κ3) is 11.6. The zero-order valence-electron chi connectivity index (χ0n) is 28.7. The van der Waals surface area contributed by atoms with E-state index in [0.717, 1.165) is 32.1 Å². The maximum absolute atomic E-state index is 14.5. The number of rotatable bonds is 24. The molecule has 0 saturated carbocycles. The summed E-state index contributed by atoms with van der Waals surface area (Å²) in [7, 11) is 0. The van der Waals surface area contributed by atoms with Crippen molar-refractivity contribution >= 4 is 0 Å². The van der Waals surface area contributed by atoms with E-state index in [1.165, 1.54) is 29.3 Å². The highest BCUT2D eigenvalue weighted by Crippen LogP contribution is 2.57. The van der Waals surface area contributed by atoms with Crippen LogP contribution in [0.3, 0.4) is 0 Å². The van der Waals surface area contributed by atoms with E-state index < -0.39 is 80.3 Å². The lowest BCUT2D eigenvalue weighted by Crippen LogP contribution is -2.65. The first-order valence-corrected chi connectivity index (χ1v) is 16.0. The van der Waals surface area contributed by atoms with Gasteiger partial charge in [0.1, 0.15) is 19.0 Å². The molecule has 0 saturated heterocycles. The van der Waals surface area contributed by atoms with Crippen LogP contribution >= 0.6 is 0 Å². The van der Waals surface area contributed by atoms with Crippen LogP contribution in [0.2, 0.25) is 0 Å². The smallest absolute Gasteiger partial charge is 0.460 e. The molecule has 0 N–H and O–H groups in total. The monoisotopic (exact) mass is 874 g/mol. The van der Waals surface area contributed by atoms with Crippen molar-refractivity contribution in [3.63, 3.8) is 0 Å². The zero-order valence-corrected chi connectivity index (χ0v) is 28.7. The average molecular weight is 875 g/mol. The van der Waals surface area contributed by atoms with Crippen LogP contribution in [0, 0.1) is 0 Å². The lowest BCUT2D eigenvalue weighted by molar-refractivity contribution is -0.555. The molecule has 0 fully saturated rings. The van der Waals surface area contributed by atoms with Crippen LogP contribution in [0.25, 0.3) is 11.4 Å². The van der Waals surface area contributed by atoms with E-state index in [-0.39, 0.29) is 5.75 Å². The lowest BCUT2D eigenvalue weighted by Gasteiger charge is -2.38. The number of ether oxygens (including phenoxy) is 4. The number of unbranched alkanes of at least 4 members (excludes halogenated alkanes) is 5. The molecule has 0 aliphatic heterocycles. The summed E-state index contributed by atoms with van der Waals surface area (Å²) in [6.45, 7) is -3.76. The summed E-state index contributed by atoms with van der Waals surface area (Å²) in [5.74, 6) is -29.9. The Balaban J connectivity index is 2.11. The Morgan fingerprint density at radius 3 is 1.63 bits per heavy atom. The van der Waals surface area contributed by atoms with Crippen molar-refractivity contribution in [2.45, 2.75) is 112 Å². The molecule has 57 heavy (non-hydrogen) atoms. The predicted octanol–water partition coefficient (Wildman–Crippen LogP) is 11.3. The van der Waals surface area contributed by atoms with Gasteiger partial charge in [-0.3, -0.25) is 0 Å². The number of alkyl halides is 20. The topological polar surface area (TPSA) is 62.7 Å². The third-order valence-electron chi connectivity index (χ3n) is 7.48. The normalized spacial score (nSPS) is 14.9. The lowest BCUT2D eigenvalue weighted by atomic mass is 10.0. The molecule has 0 aliphatic carbocycles. The van der Waals surface area contributed by atoms with Gasteiger partial charge in [-0.15, -0.1) is 0 Å². The van der Waals surface area contributed by atoms with Gasteiger partial charge in [-0.25, -0.2) is 23.8 Å². The second-order valence-electron chi connectivity index (χ2n) is 12.0. The number of hydrogen-bond acceptors (Lipinski definition) is 6. The van der Waals surface area contributed by atoms with E-state index in [4.69, 9.17) is 4.74 Å². The van der Waals surface area contributed by atoms with Crippen molar-refractivity contribution < 1.29 is 107 Å². The number of aromatic nitrogens is 2. The summed E-state index contributed by atoms with van der Waals surface area (Å²) in [5.41, 5.74) is 0.994. The summed E-state index contributed by atoms with van der Waals surface area (Å²) in [6.07, 6.45) is -33.4. The fourth-order valence-electron chi connectivity index (χ4n) is 4.38. The first kappa shape index (κ1) is 49.7. The number of hydrogen-bond donors (Lipinski definition) is 0. The molecule has 2 aromatic rings. The third-order valence-corrected chi connectivity index (χ3v) is 7.48. The highest BCUT2D eigenvalue weighted by Gasteiger charge is 2.86.